The predicted molar refractivity (Wildman–Crippen MR) is 157 cm³/mol. The third kappa shape index (κ3) is 10.5. The van der Waals surface area contributed by atoms with Crippen molar-refractivity contribution in [1.29, 1.82) is 0 Å². The Hall–Kier alpha value is -2.32. The van der Waals surface area contributed by atoms with Gasteiger partial charge >= 0.3 is 0 Å². The van der Waals surface area contributed by atoms with E-state index in [9.17, 15) is 0 Å². The lowest BCUT2D eigenvalue weighted by Crippen LogP contribution is -1.98. The molecule has 37 heavy (non-hydrogen) atoms. The Labute approximate surface area is 231 Å². The average Bonchev–Trinajstić information content (AvgIpc) is 3.32. The van der Waals surface area contributed by atoms with Crippen molar-refractivity contribution in [3.8, 4) is 0 Å². The van der Waals surface area contributed by atoms with Crippen molar-refractivity contribution in [2.45, 2.75) is 105 Å². The summed E-state index contributed by atoms with van der Waals surface area (Å²) in [5.74, 6) is 5.11. The number of imidazole rings is 1. The minimum atomic E-state index is 0.476. The lowest BCUT2D eigenvalue weighted by molar-refractivity contribution is 0.523. The quantitative estimate of drug-likeness (QED) is 0.251. The molecule has 1 saturated carbocycles. The molecule has 0 aliphatic heterocycles. The van der Waals surface area contributed by atoms with Gasteiger partial charge in [-0.15, -0.1) is 22.7 Å². The molecule has 8 heteroatoms. The molecular formula is C29H45N5OS2. The van der Waals surface area contributed by atoms with Gasteiger partial charge in [0.2, 0.25) is 0 Å². The minimum absolute atomic E-state index is 0.476. The standard InChI is InChI=1S/C9H13NS.C7H12N2.C7H11NO.C6H9NS/c1-6(2)9-10-8(5-11-9)7-3-4-7;1-6(2)7-8-4-5-9(7)3;1-5(2)7-6(3)9-4-8-7;1-5(2)6-7-3-4-8-6/h5-7H,3-4H2,1-2H3;4-6H,1-3H3;4-5H,1-3H3;3-5H,1-2H3. The van der Waals surface area contributed by atoms with Crippen LogP contribution in [0.15, 0.2) is 40.2 Å². The first-order valence-electron chi connectivity index (χ1n) is 13.2. The maximum absolute atomic E-state index is 5.01. The van der Waals surface area contributed by atoms with Gasteiger partial charge in [-0.05, 0) is 25.7 Å². The van der Waals surface area contributed by atoms with Crippen LogP contribution in [0.5, 0.6) is 0 Å². The van der Waals surface area contributed by atoms with Gasteiger partial charge in [0.1, 0.15) is 11.6 Å². The van der Waals surface area contributed by atoms with E-state index >= 15 is 0 Å². The van der Waals surface area contributed by atoms with E-state index in [2.05, 4.69) is 80.7 Å². The molecule has 0 aromatic carbocycles. The zero-order chi connectivity index (χ0) is 27.5. The molecule has 1 aliphatic carbocycles. The topological polar surface area (TPSA) is 69.6 Å². The molecule has 5 rings (SSSR count). The summed E-state index contributed by atoms with van der Waals surface area (Å²) in [6.07, 6.45) is 9.86. The van der Waals surface area contributed by atoms with Gasteiger partial charge in [-0.1, -0.05) is 55.4 Å². The summed E-state index contributed by atoms with van der Waals surface area (Å²) in [4.78, 5) is 17.0. The number of oxazole rings is 1. The van der Waals surface area contributed by atoms with Crippen molar-refractivity contribution in [1.82, 2.24) is 24.5 Å². The van der Waals surface area contributed by atoms with Crippen LogP contribution in [-0.4, -0.2) is 24.5 Å². The Kier molecular flexibility index (Phi) is 12.7. The maximum atomic E-state index is 5.01. The molecule has 1 fully saturated rings. The molecule has 0 saturated heterocycles. The number of thiazole rings is 2. The first kappa shape index (κ1) is 30.9. The largest absolute Gasteiger partial charge is 0.449 e. The summed E-state index contributed by atoms with van der Waals surface area (Å²) in [6.45, 7) is 19.1. The maximum Gasteiger partial charge on any atom is 0.181 e. The molecule has 6 nitrogen and oxygen atoms in total. The van der Waals surface area contributed by atoms with Gasteiger partial charge in [0.05, 0.1) is 21.4 Å². The van der Waals surface area contributed by atoms with Crippen molar-refractivity contribution < 1.29 is 4.42 Å². The molecule has 0 radical (unpaired) electrons. The second kappa shape index (κ2) is 15.2. The van der Waals surface area contributed by atoms with Crippen LogP contribution in [0.1, 0.15) is 131 Å². The van der Waals surface area contributed by atoms with Crippen LogP contribution in [0.4, 0.5) is 0 Å². The Morgan fingerprint density at radius 3 is 1.81 bits per heavy atom. The highest BCUT2D eigenvalue weighted by molar-refractivity contribution is 7.10. The van der Waals surface area contributed by atoms with Gasteiger partial charge in [-0.3, -0.25) is 0 Å². The second-order valence-corrected chi connectivity index (χ2v) is 12.4. The molecule has 1 aliphatic rings. The van der Waals surface area contributed by atoms with Gasteiger partial charge in [0.15, 0.2) is 6.39 Å². The van der Waals surface area contributed by atoms with Crippen LogP contribution in [0.25, 0.3) is 0 Å². The zero-order valence-corrected chi connectivity index (χ0v) is 25.9. The molecule has 0 amide bonds. The van der Waals surface area contributed by atoms with Gasteiger partial charge in [0, 0.05) is 60.1 Å². The second-order valence-electron chi connectivity index (χ2n) is 10.6. The van der Waals surface area contributed by atoms with E-state index in [4.69, 9.17) is 4.42 Å². The van der Waals surface area contributed by atoms with Crippen molar-refractivity contribution in [3.05, 3.63) is 68.7 Å². The molecule has 0 N–H and O–H groups in total. The van der Waals surface area contributed by atoms with Gasteiger partial charge in [0.25, 0.3) is 0 Å². The molecule has 4 aromatic rings. The Bertz CT molecular complexity index is 1070. The first-order chi connectivity index (χ1) is 17.5. The molecule has 0 atom stereocenters. The average molecular weight is 544 g/mol. The summed E-state index contributed by atoms with van der Waals surface area (Å²) in [5.41, 5.74) is 2.41. The lowest BCUT2D eigenvalue weighted by atomic mass is 10.1. The molecule has 4 heterocycles. The van der Waals surface area contributed by atoms with Crippen LogP contribution >= 0.6 is 22.7 Å². The molecule has 4 aromatic heterocycles. The number of aromatic nitrogens is 5. The monoisotopic (exact) mass is 543 g/mol. The van der Waals surface area contributed by atoms with E-state index in [1.807, 2.05) is 53.8 Å². The normalized spacial score (nSPS) is 12.7. The first-order valence-corrected chi connectivity index (χ1v) is 15.0. The molecule has 0 unspecified atom stereocenters. The highest BCUT2D eigenvalue weighted by atomic mass is 32.1. The fourth-order valence-electron chi connectivity index (χ4n) is 3.45. The third-order valence-electron chi connectivity index (χ3n) is 5.68. The Balaban J connectivity index is 0.000000175. The molecule has 0 bridgehead atoms. The van der Waals surface area contributed by atoms with Crippen LogP contribution < -0.4 is 0 Å². The number of hydrogen-bond acceptors (Lipinski definition) is 7. The molecule has 204 valence electrons. The number of aryl methyl sites for hydroxylation is 2. The Morgan fingerprint density at radius 2 is 1.51 bits per heavy atom. The van der Waals surface area contributed by atoms with Gasteiger partial charge in [-0.2, -0.15) is 0 Å². The molecule has 0 spiro atoms. The number of hydrogen-bond donors (Lipinski definition) is 0. The van der Waals surface area contributed by atoms with E-state index in [1.54, 1.807) is 11.3 Å². The summed E-state index contributed by atoms with van der Waals surface area (Å²) in [5, 5.41) is 6.76. The van der Waals surface area contributed by atoms with E-state index < -0.39 is 0 Å². The number of rotatable bonds is 5. The van der Waals surface area contributed by atoms with Crippen LogP contribution in [0.3, 0.4) is 0 Å². The van der Waals surface area contributed by atoms with Crippen molar-refractivity contribution >= 4 is 22.7 Å². The van der Waals surface area contributed by atoms with Crippen molar-refractivity contribution in [3.63, 3.8) is 0 Å². The third-order valence-corrected chi connectivity index (χ3v) is 7.92. The number of nitrogens with zero attached hydrogens (tertiary/aromatic N) is 5. The van der Waals surface area contributed by atoms with Crippen LogP contribution in [0, 0.1) is 6.92 Å². The van der Waals surface area contributed by atoms with E-state index in [0.717, 1.165) is 23.2 Å². The Morgan fingerprint density at radius 1 is 0.838 bits per heavy atom. The molecular weight excluding hydrogens is 498 g/mol. The smallest absolute Gasteiger partial charge is 0.181 e. The minimum Gasteiger partial charge on any atom is -0.449 e. The van der Waals surface area contributed by atoms with Crippen molar-refractivity contribution in [2.75, 3.05) is 0 Å². The van der Waals surface area contributed by atoms with E-state index in [-0.39, 0.29) is 0 Å². The van der Waals surface area contributed by atoms with Crippen LogP contribution in [-0.2, 0) is 7.05 Å². The van der Waals surface area contributed by atoms with Crippen molar-refractivity contribution in [2.24, 2.45) is 7.05 Å². The zero-order valence-electron chi connectivity index (χ0n) is 24.2. The summed E-state index contributed by atoms with van der Waals surface area (Å²) in [7, 11) is 2.02. The highest BCUT2D eigenvalue weighted by Gasteiger charge is 2.26. The summed E-state index contributed by atoms with van der Waals surface area (Å²) >= 11 is 3.53. The fourth-order valence-corrected chi connectivity index (χ4v) is 5.03. The summed E-state index contributed by atoms with van der Waals surface area (Å²) < 4.78 is 7.06. The fraction of sp³-hybridized carbons (Fsp3) is 0.586. The highest BCUT2D eigenvalue weighted by Crippen LogP contribution is 2.40. The van der Waals surface area contributed by atoms with Gasteiger partial charge < -0.3 is 8.98 Å². The van der Waals surface area contributed by atoms with E-state index in [1.165, 1.54) is 34.9 Å². The predicted octanol–water partition coefficient (Wildman–Crippen LogP) is 9.06. The van der Waals surface area contributed by atoms with E-state index in [0.29, 0.717) is 23.7 Å². The SMILES string of the molecule is CC(C)c1nc(C2CC2)cs1.CC(C)c1nccn1C.CC(C)c1nccs1.Cc1ocnc1C(C)C. The van der Waals surface area contributed by atoms with Gasteiger partial charge in [-0.25, -0.2) is 19.9 Å². The van der Waals surface area contributed by atoms with Crippen LogP contribution in [0.2, 0.25) is 0 Å². The lowest BCUT2D eigenvalue weighted by Gasteiger charge is -2.02. The summed E-state index contributed by atoms with van der Waals surface area (Å²) in [6, 6.07) is 0.